The molecule has 18 heavy (non-hydrogen) atoms. The van der Waals surface area contributed by atoms with E-state index in [0.29, 0.717) is 6.04 Å². The van der Waals surface area contributed by atoms with Crippen molar-refractivity contribution in [3.63, 3.8) is 0 Å². The first-order chi connectivity index (χ1) is 8.42. The van der Waals surface area contributed by atoms with Crippen LogP contribution < -0.4 is 5.32 Å². The Morgan fingerprint density at radius 3 is 3.17 bits per heavy atom. The number of piperazine rings is 1. The van der Waals surface area contributed by atoms with E-state index in [4.69, 9.17) is 0 Å². The number of hydrogen-bond acceptors (Lipinski definition) is 4. The fourth-order valence-corrected chi connectivity index (χ4v) is 2.89. The van der Waals surface area contributed by atoms with Gasteiger partial charge in [-0.3, -0.25) is 9.88 Å². The zero-order valence-corrected chi connectivity index (χ0v) is 12.5. The fourth-order valence-electron chi connectivity index (χ4n) is 2.24. The molecule has 1 fully saturated rings. The predicted octanol–water partition coefficient (Wildman–Crippen LogP) is 2.20. The molecule has 1 aromatic heterocycles. The van der Waals surface area contributed by atoms with Gasteiger partial charge in [-0.25, -0.2) is 0 Å². The highest BCUT2D eigenvalue weighted by Crippen LogP contribution is 2.21. The minimum atomic E-state index is 0. The van der Waals surface area contributed by atoms with Crippen molar-refractivity contribution in [2.45, 2.75) is 13.0 Å². The first-order valence-corrected chi connectivity index (χ1v) is 7.49. The number of pyridine rings is 1. The molecule has 1 N–H and O–H groups in total. The standard InChI is InChI=1S/C13H21N3S.ClH/c1-2-17-9-8-16-7-6-15-11-13(16)12-4-3-5-14-10-12;/h3-5,10,13,15H,2,6-9,11H2,1H3;1H. The average molecular weight is 288 g/mol. The number of nitrogens with zero attached hydrogens (tertiary/aromatic N) is 2. The summed E-state index contributed by atoms with van der Waals surface area (Å²) in [7, 11) is 0. The van der Waals surface area contributed by atoms with E-state index in [9.17, 15) is 0 Å². The monoisotopic (exact) mass is 287 g/mol. The molecule has 5 heteroatoms. The van der Waals surface area contributed by atoms with E-state index in [-0.39, 0.29) is 12.4 Å². The maximum absolute atomic E-state index is 4.23. The quantitative estimate of drug-likeness (QED) is 0.841. The van der Waals surface area contributed by atoms with Gasteiger partial charge in [0.15, 0.2) is 0 Å². The number of nitrogens with one attached hydrogen (secondary N) is 1. The van der Waals surface area contributed by atoms with Crippen molar-refractivity contribution in [1.29, 1.82) is 0 Å². The van der Waals surface area contributed by atoms with Crippen molar-refractivity contribution in [1.82, 2.24) is 15.2 Å². The van der Waals surface area contributed by atoms with E-state index in [1.54, 1.807) is 0 Å². The third kappa shape index (κ3) is 4.43. The van der Waals surface area contributed by atoms with E-state index in [1.807, 2.05) is 30.2 Å². The molecule has 2 rings (SSSR count). The molecule has 1 aliphatic rings. The summed E-state index contributed by atoms with van der Waals surface area (Å²) in [4.78, 5) is 6.81. The zero-order valence-electron chi connectivity index (χ0n) is 10.8. The molecule has 0 saturated carbocycles. The van der Waals surface area contributed by atoms with Gasteiger partial charge < -0.3 is 5.32 Å². The summed E-state index contributed by atoms with van der Waals surface area (Å²) in [6.07, 6.45) is 3.84. The van der Waals surface area contributed by atoms with Gasteiger partial charge in [-0.15, -0.1) is 12.4 Å². The Bertz CT molecular complexity index is 323. The number of aromatic nitrogens is 1. The summed E-state index contributed by atoms with van der Waals surface area (Å²) in [5.74, 6) is 2.44. The molecule has 1 aliphatic heterocycles. The van der Waals surface area contributed by atoms with Crippen LogP contribution in [0.25, 0.3) is 0 Å². The maximum atomic E-state index is 4.23. The minimum Gasteiger partial charge on any atom is -0.314 e. The molecular weight excluding hydrogens is 266 g/mol. The Hall–Kier alpha value is -0.290. The second kappa shape index (κ2) is 8.75. The molecule has 3 nitrogen and oxygen atoms in total. The van der Waals surface area contributed by atoms with E-state index in [1.165, 1.54) is 23.6 Å². The van der Waals surface area contributed by atoms with Crippen molar-refractivity contribution in [3.05, 3.63) is 30.1 Å². The molecule has 0 aliphatic carbocycles. The highest BCUT2D eigenvalue weighted by molar-refractivity contribution is 7.99. The summed E-state index contributed by atoms with van der Waals surface area (Å²) in [6.45, 7) is 6.70. The molecule has 1 unspecified atom stereocenters. The van der Waals surface area contributed by atoms with E-state index in [0.717, 1.165) is 19.6 Å². The van der Waals surface area contributed by atoms with Crippen LogP contribution in [0.15, 0.2) is 24.5 Å². The van der Waals surface area contributed by atoms with Gasteiger partial charge in [0, 0.05) is 50.4 Å². The Balaban J connectivity index is 0.00000162. The Labute approximate surface area is 120 Å². The van der Waals surface area contributed by atoms with Crippen molar-refractivity contribution < 1.29 is 0 Å². The molecule has 0 spiro atoms. The van der Waals surface area contributed by atoms with Crippen LogP contribution >= 0.6 is 24.2 Å². The van der Waals surface area contributed by atoms with Gasteiger partial charge in [0.05, 0.1) is 0 Å². The SMILES string of the molecule is CCSCCN1CCNCC1c1cccnc1.Cl. The average Bonchev–Trinajstić information content (AvgIpc) is 2.41. The highest BCUT2D eigenvalue weighted by atomic mass is 35.5. The Morgan fingerprint density at radius 1 is 1.56 bits per heavy atom. The molecule has 1 aromatic rings. The molecular formula is C13H22ClN3S. The van der Waals surface area contributed by atoms with Gasteiger partial charge >= 0.3 is 0 Å². The summed E-state index contributed by atoms with van der Waals surface area (Å²) in [5, 5.41) is 3.48. The summed E-state index contributed by atoms with van der Waals surface area (Å²) in [5.41, 5.74) is 1.33. The summed E-state index contributed by atoms with van der Waals surface area (Å²) in [6, 6.07) is 4.71. The number of rotatable bonds is 5. The van der Waals surface area contributed by atoms with Crippen LogP contribution in [0.4, 0.5) is 0 Å². The molecule has 0 amide bonds. The van der Waals surface area contributed by atoms with Crippen LogP contribution in [-0.2, 0) is 0 Å². The van der Waals surface area contributed by atoms with Crippen LogP contribution in [0.2, 0.25) is 0 Å². The molecule has 1 saturated heterocycles. The van der Waals surface area contributed by atoms with Gasteiger partial charge in [-0.05, 0) is 17.4 Å². The third-order valence-corrected chi connectivity index (χ3v) is 4.03. The normalized spacial score (nSPS) is 20.4. The molecule has 2 heterocycles. The lowest BCUT2D eigenvalue weighted by Crippen LogP contribution is -2.46. The van der Waals surface area contributed by atoms with Crippen LogP contribution in [0, 0.1) is 0 Å². The third-order valence-electron chi connectivity index (χ3n) is 3.15. The lowest BCUT2D eigenvalue weighted by molar-refractivity contribution is 0.172. The van der Waals surface area contributed by atoms with Crippen molar-refractivity contribution in [2.75, 3.05) is 37.7 Å². The van der Waals surface area contributed by atoms with Crippen molar-refractivity contribution >= 4 is 24.2 Å². The number of thioether (sulfide) groups is 1. The Kier molecular flexibility index (Phi) is 7.66. The van der Waals surface area contributed by atoms with Crippen LogP contribution in [0.1, 0.15) is 18.5 Å². The molecule has 0 bridgehead atoms. The van der Waals surface area contributed by atoms with Gasteiger partial charge in [0.25, 0.3) is 0 Å². The lowest BCUT2D eigenvalue weighted by atomic mass is 10.1. The minimum absolute atomic E-state index is 0. The number of halogens is 1. The van der Waals surface area contributed by atoms with E-state index in [2.05, 4.69) is 28.2 Å². The van der Waals surface area contributed by atoms with Gasteiger partial charge in [-0.2, -0.15) is 11.8 Å². The van der Waals surface area contributed by atoms with Gasteiger partial charge in [-0.1, -0.05) is 13.0 Å². The van der Waals surface area contributed by atoms with Gasteiger partial charge in [0.2, 0.25) is 0 Å². The van der Waals surface area contributed by atoms with E-state index >= 15 is 0 Å². The van der Waals surface area contributed by atoms with Crippen LogP contribution in [-0.4, -0.2) is 47.6 Å². The predicted molar refractivity (Wildman–Crippen MR) is 81.7 cm³/mol. The second-order valence-corrected chi connectivity index (χ2v) is 5.63. The lowest BCUT2D eigenvalue weighted by Gasteiger charge is -2.36. The first-order valence-electron chi connectivity index (χ1n) is 6.34. The zero-order chi connectivity index (χ0) is 11.9. The summed E-state index contributed by atoms with van der Waals surface area (Å²) >= 11 is 2.02. The molecule has 102 valence electrons. The molecule has 1 atom stereocenters. The number of hydrogen-bond donors (Lipinski definition) is 1. The highest BCUT2D eigenvalue weighted by Gasteiger charge is 2.23. The van der Waals surface area contributed by atoms with Gasteiger partial charge in [0.1, 0.15) is 0 Å². The second-order valence-electron chi connectivity index (χ2n) is 4.24. The van der Waals surface area contributed by atoms with Crippen molar-refractivity contribution in [3.8, 4) is 0 Å². The summed E-state index contributed by atoms with van der Waals surface area (Å²) < 4.78 is 0. The first kappa shape index (κ1) is 15.8. The smallest absolute Gasteiger partial charge is 0.0488 e. The topological polar surface area (TPSA) is 28.2 Å². The molecule has 0 radical (unpaired) electrons. The fraction of sp³-hybridized carbons (Fsp3) is 0.615. The van der Waals surface area contributed by atoms with Crippen LogP contribution in [0.5, 0.6) is 0 Å². The maximum Gasteiger partial charge on any atom is 0.0488 e. The Morgan fingerprint density at radius 2 is 2.44 bits per heavy atom. The van der Waals surface area contributed by atoms with Crippen LogP contribution in [0.3, 0.4) is 0 Å². The van der Waals surface area contributed by atoms with Crippen molar-refractivity contribution in [2.24, 2.45) is 0 Å². The molecule has 0 aromatic carbocycles. The van der Waals surface area contributed by atoms with E-state index < -0.39 is 0 Å². The largest absolute Gasteiger partial charge is 0.314 e.